The number of aromatic amines is 1. The molecule has 4 aromatic rings. The first-order valence-corrected chi connectivity index (χ1v) is 12.7. The van der Waals surface area contributed by atoms with Gasteiger partial charge in [0.15, 0.2) is 0 Å². The summed E-state index contributed by atoms with van der Waals surface area (Å²) in [6.07, 6.45) is -1.89. The van der Waals surface area contributed by atoms with Crippen molar-refractivity contribution in [3.63, 3.8) is 0 Å². The normalized spacial score (nSPS) is 11.7. The number of rotatable bonds is 8. The average molecular weight is 551 g/mol. The van der Waals surface area contributed by atoms with E-state index in [0.29, 0.717) is 22.2 Å². The summed E-state index contributed by atoms with van der Waals surface area (Å²) < 4.78 is 55.4. The number of H-pyrrole nitrogens is 1. The zero-order valence-electron chi connectivity index (χ0n) is 19.0. The molecule has 2 N–H and O–H groups in total. The monoisotopic (exact) mass is 550 g/mol. The Bertz CT molecular complexity index is 1750. The van der Waals surface area contributed by atoms with Gasteiger partial charge in [0.2, 0.25) is 10.0 Å². The standard InChI is InChI=1S/C22H17ClF2N6O5S/c1-37(34,35)30-21(32)9-31-22(33)12-3-2-11(8-26)4-13(12)15(29-31)7-20-27-16-5-14(23)18(6-17(16)28-20)36-10-19(24)25/h2-6,19H,7,9-10H2,1H3,(H,27,28)(H,30,32). The second kappa shape index (κ2) is 10.1. The molecule has 1 amide bonds. The number of hydrogen-bond acceptors (Lipinski definition) is 8. The van der Waals surface area contributed by atoms with E-state index in [2.05, 4.69) is 15.1 Å². The minimum atomic E-state index is -3.85. The zero-order chi connectivity index (χ0) is 26.9. The zero-order valence-corrected chi connectivity index (χ0v) is 20.5. The third-order valence-corrected chi connectivity index (χ3v) is 5.94. The number of benzene rings is 2. The number of carbonyl (C=O) groups is 1. The van der Waals surface area contributed by atoms with Crippen molar-refractivity contribution in [2.75, 3.05) is 12.9 Å². The van der Waals surface area contributed by atoms with Crippen LogP contribution in [0.2, 0.25) is 5.02 Å². The summed E-state index contributed by atoms with van der Waals surface area (Å²) in [4.78, 5) is 32.5. The van der Waals surface area contributed by atoms with E-state index in [4.69, 9.17) is 16.3 Å². The first kappa shape index (κ1) is 26.0. The molecule has 11 nitrogen and oxygen atoms in total. The molecule has 0 aliphatic rings. The lowest BCUT2D eigenvalue weighted by Crippen LogP contribution is -2.36. The molecule has 37 heavy (non-hydrogen) atoms. The fourth-order valence-electron chi connectivity index (χ4n) is 3.61. The third-order valence-electron chi connectivity index (χ3n) is 5.04. The number of imidazole rings is 1. The summed E-state index contributed by atoms with van der Waals surface area (Å²) in [6.45, 7) is -1.51. The van der Waals surface area contributed by atoms with Gasteiger partial charge in [0.05, 0.1) is 51.4 Å². The number of alkyl halides is 2. The number of ether oxygens (including phenoxy) is 1. The van der Waals surface area contributed by atoms with Gasteiger partial charge in [-0.25, -0.2) is 26.9 Å². The number of nitrogens with one attached hydrogen (secondary N) is 2. The van der Waals surface area contributed by atoms with E-state index in [1.165, 1.54) is 30.3 Å². The van der Waals surface area contributed by atoms with Crippen molar-refractivity contribution >= 4 is 49.3 Å². The van der Waals surface area contributed by atoms with Crippen molar-refractivity contribution in [1.29, 1.82) is 5.26 Å². The molecular weight excluding hydrogens is 534 g/mol. The average Bonchev–Trinajstić information content (AvgIpc) is 3.19. The molecule has 0 fully saturated rings. The number of fused-ring (bicyclic) bond motifs is 2. The van der Waals surface area contributed by atoms with Crippen LogP contribution < -0.4 is 15.0 Å². The highest BCUT2D eigenvalue weighted by atomic mass is 35.5. The van der Waals surface area contributed by atoms with E-state index < -0.39 is 41.1 Å². The van der Waals surface area contributed by atoms with E-state index in [9.17, 15) is 32.0 Å². The SMILES string of the molecule is CS(=O)(=O)NC(=O)Cn1nc(Cc2nc3cc(OCC(F)F)c(Cl)cc3[nH]2)c2cc(C#N)ccc2c1=O. The molecule has 2 aromatic carbocycles. The van der Waals surface area contributed by atoms with Gasteiger partial charge in [0.25, 0.3) is 17.9 Å². The van der Waals surface area contributed by atoms with Crippen molar-refractivity contribution in [3.05, 3.63) is 62.8 Å². The van der Waals surface area contributed by atoms with Crippen LogP contribution in [0.1, 0.15) is 17.1 Å². The molecule has 0 atom stereocenters. The number of aromatic nitrogens is 4. The molecule has 4 rings (SSSR count). The Balaban J connectivity index is 1.76. The van der Waals surface area contributed by atoms with E-state index in [-0.39, 0.29) is 33.8 Å². The number of amides is 1. The number of hydrogen-bond donors (Lipinski definition) is 2. The predicted molar refractivity (Wildman–Crippen MR) is 129 cm³/mol. The van der Waals surface area contributed by atoms with Crippen LogP contribution >= 0.6 is 11.6 Å². The first-order valence-electron chi connectivity index (χ1n) is 10.5. The van der Waals surface area contributed by atoms with Crippen molar-refractivity contribution < 1.29 is 26.7 Å². The van der Waals surface area contributed by atoms with Gasteiger partial charge in [-0.15, -0.1) is 0 Å². The molecule has 2 aromatic heterocycles. The van der Waals surface area contributed by atoms with Gasteiger partial charge < -0.3 is 9.72 Å². The molecule has 0 saturated heterocycles. The van der Waals surface area contributed by atoms with E-state index in [1.54, 1.807) is 4.72 Å². The number of halogens is 3. The largest absolute Gasteiger partial charge is 0.486 e. The molecule has 0 bridgehead atoms. The summed E-state index contributed by atoms with van der Waals surface area (Å²) in [5.41, 5.74) is 0.709. The molecule has 0 unspecified atom stereocenters. The highest BCUT2D eigenvalue weighted by molar-refractivity contribution is 7.89. The number of nitriles is 1. The second-order valence-corrected chi connectivity index (χ2v) is 10.1. The van der Waals surface area contributed by atoms with Crippen molar-refractivity contribution in [2.45, 2.75) is 19.4 Å². The van der Waals surface area contributed by atoms with Crippen LogP contribution in [0, 0.1) is 11.3 Å². The lowest BCUT2D eigenvalue weighted by molar-refractivity contribution is -0.120. The van der Waals surface area contributed by atoms with Crippen LogP contribution in [-0.2, 0) is 27.8 Å². The minimum absolute atomic E-state index is 0.00111. The summed E-state index contributed by atoms with van der Waals surface area (Å²) >= 11 is 6.12. The Morgan fingerprint density at radius 2 is 2.05 bits per heavy atom. The highest BCUT2D eigenvalue weighted by Gasteiger charge is 2.18. The Labute approximate surface area is 212 Å². The van der Waals surface area contributed by atoms with Crippen LogP contribution in [0.4, 0.5) is 8.78 Å². The predicted octanol–water partition coefficient (Wildman–Crippen LogP) is 2.11. The Hall–Kier alpha value is -4.09. The third kappa shape index (κ3) is 6.01. The number of sulfonamides is 1. The van der Waals surface area contributed by atoms with E-state index in [0.717, 1.165) is 10.9 Å². The maximum absolute atomic E-state index is 12.9. The van der Waals surface area contributed by atoms with Crippen molar-refractivity contribution in [2.24, 2.45) is 0 Å². The molecule has 0 spiro atoms. The van der Waals surface area contributed by atoms with E-state index >= 15 is 0 Å². The van der Waals surface area contributed by atoms with Gasteiger partial charge in [-0.2, -0.15) is 10.4 Å². The highest BCUT2D eigenvalue weighted by Crippen LogP contribution is 2.30. The van der Waals surface area contributed by atoms with Crippen molar-refractivity contribution in [1.82, 2.24) is 24.5 Å². The van der Waals surface area contributed by atoms with Crippen LogP contribution in [0.3, 0.4) is 0 Å². The maximum atomic E-state index is 12.9. The number of nitrogens with zero attached hydrogens (tertiary/aromatic N) is 4. The van der Waals surface area contributed by atoms with Crippen molar-refractivity contribution in [3.8, 4) is 11.8 Å². The summed E-state index contributed by atoms with van der Waals surface area (Å²) in [5.74, 6) is -0.593. The Morgan fingerprint density at radius 1 is 1.30 bits per heavy atom. The van der Waals surface area contributed by atoms with Crippen LogP contribution in [0.5, 0.6) is 5.75 Å². The molecule has 0 aliphatic carbocycles. The molecule has 0 saturated carbocycles. The second-order valence-electron chi connectivity index (χ2n) is 7.94. The minimum Gasteiger partial charge on any atom is -0.486 e. The molecule has 192 valence electrons. The van der Waals surface area contributed by atoms with Gasteiger partial charge in [-0.05, 0) is 24.3 Å². The Kier molecular flexibility index (Phi) is 7.10. The molecule has 0 radical (unpaired) electrons. The molecular formula is C22H17ClF2N6O5S. The van der Waals surface area contributed by atoms with Gasteiger partial charge >= 0.3 is 0 Å². The van der Waals surface area contributed by atoms with Gasteiger partial charge in [-0.1, -0.05) is 11.6 Å². The van der Waals surface area contributed by atoms with Gasteiger partial charge in [0.1, 0.15) is 24.7 Å². The lowest BCUT2D eigenvalue weighted by Gasteiger charge is -2.11. The summed E-state index contributed by atoms with van der Waals surface area (Å²) in [6, 6.07) is 9.16. The van der Waals surface area contributed by atoms with Crippen LogP contribution in [0.25, 0.3) is 21.8 Å². The Morgan fingerprint density at radius 3 is 2.73 bits per heavy atom. The smallest absolute Gasteiger partial charge is 0.275 e. The van der Waals surface area contributed by atoms with Gasteiger partial charge in [0, 0.05) is 11.5 Å². The van der Waals surface area contributed by atoms with Gasteiger partial charge in [-0.3, -0.25) is 14.3 Å². The fourth-order valence-corrected chi connectivity index (χ4v) is 4.30. The molecule has 2 heterocycles. The summed E-state index contributed by atoms with van der Waals surface area (Å²) in [7, 11) is -3.85. The first-order chi connectivity index (χ1) is 17.4. The maximum Gasteiger partial charge on any atom is 0.275 e. The van der Waals surface area contributed by atoms with Crippen LogP contribution in [-0.4, -0.2) is 53.4 Å². The molecule has 15 heteroatoms. The van der Waals surface area contributed by atoms with E-state index in [1.807, 2.05) is 6.07 Å². The quantitative estimate of drug-likeness (QED) is 0.337. The summed E-state index contributed by atoms with van der Waals surface area (Å²) in [5, 5.41) is 14.1. The lowest BCUT2D eigenvalue weighted by atomic mass is 10.1. The number of carbonyl (C=O) groups excluding carboxylic acids is 1. The topological polar surface area (TPSA) is 160 Å². The molecule has 0 aliphatic heterocycles. The fraction of sp³-hybridized carbons (Fsp3) is 0.227. The van der Waals surface area contributed by atoms with Crippen LogP contribution in [0.15, 0.2) is 35.1 Å².